The molecule has 0 aromatic heterocycles. The number of hydrogen-bond donors (Lipinski definition) is 1. The van der Waals surface area contributed by atoms with Gasteiger partial charge >= 0.3 is 0 Å². The van der Waals surface area contributed by atoms with Gasteiger partial charge in [0.15, 0.2) is 0 Å². The van der Waals surface area contributed by atoms with Gasteiger partial charge in [0.1, 0.15) is 24.2 Å². The van der Waals surface area contributed by atoms with Crippen molar-refractivity contribution in [2.75, 3.05) is 26.4 Å². The van der Waals surface area contributed by atoms with Crippen LogP contribution in [0.4, 0.5) is 0 Å². The maximum atomic E-state index is 5.77. The van der Waals surface area contributed by atoms with Crippen molar-refractivity contribution in [3.63, 3.8) is 0 Å². The van der Waals surface area contributed by atoms with E-state index >= 15 is 0 Å². The van der Waals surface area contributed by atoms with Crippen molar-refractivity contribution in [2.45, 2.75) is 32.4 Å². The number of ether oxygens (including phenoxy) is 3. The molecule has 0 aliphatic carbocycles. The molecule has 106 valence electrons. The topological polar surface area (TPSA) is 39.7 Å². The van der Waals surface area contributed by atoms with Gasteiger partial charge in [-0.25, -0.2) is 0 Å². The lowest BCUT2D eigenvalue weighted by atomic mass is 10.1. The lowest BCUT2D eigenvalue weighted by Crippen LogP contribution is -2.54. The average Bonchev–Trinajstić information content (AvgIpc) is 2.40. The third kappa shape index (κ3) is 4.40. The molecule has 1 unspecified atom stereocenters. The number of nitrogens with one attached hydrogen (secondary N) is 1. The summed E-state index contributed by atoms with van der Waals surface area (Å²) in [5, 5.41) is 3.45. The Morgan fingerprint density at radius 2 is 1.84 bits per heavy atom. The maximum absolute atomic E-state index is 5.77. The van der Waals surface area contributed by atoms with Crippen LogP contribution in [0.3, 0.4) is 0 Å². The highest BCUT2D eigenvalue weighted by atomic mass is 16.5. The van der Waals surface area contributed by atoms with Crippen molar-refractivity contribution >= 4 is 0 Å². The quantitative estimate of drug-likeness (QED) is 0.886. The zero-order chi connectivity index (χ0) is 13.7. The van der Waals surface area contributed by atoms with Crippen LogP contribution in [0.15, 0.2) is 24.3 Å². The van der Waals surface area contributed by atoms with E-state index in [1.807, 2.05) is 31.2 Å². The van der Waals surface area contributed by atoms with Crippen LogP contribution in [0, 0.1) is 0 Å². The van der Waals surface area contributed by atoms with Gasteiger partial charge in [0, 0.05) is 12.1 Å². The Morgan fingerprint density at radius 1 is 1.21 bits per heavy atom. The van der Waals surface area contributed by atoms with Gasteiger partial charge in [0.05, 0.1) is 13.2 Å². The molecular formula is C15H23NO3. The Labute approximate surface area is 115 Å². The van der Waals surface area contributed by atoms with Gasteiger partial charge in [-0.3, -0.25) is 0 Å². The van der Waals surface area contributed by atoms with E-state index in [0.29, 0.717) is 19.8 Å². The standard InChI is InChI=1S/C15H23NO3/c1-4-17-12-5-7-13(8-6-12)18-10-14-9-16-15(2,3)11-19-14/h5-8,14,16H,4,9-11H2,1-3H3. The first-order chi connectivity index (χ1) is 9.09. The second kappa shape index (κ2) is 6.26. The molecule has 2 rings (SSSR count). The first-order valence-corrected chi connectivity index (χ1v) is 6.81. The summed E-state index contributed by atoms with van der Waals surface area (Å²) in [5.74, 6) is 1.71. The lowest BCUT2D eigenvalue weighted by molar-refractivity contribution is -0.0412. The van der Waals surface area contributed by atoms with Crippen LogP contribution in [-0.4, -0.2) is 38.0 Å². The molecule has 1 aliphatic heterocycles. The van der Waals surface area contributed by atoms with E-state index < -0.39 is 0 Å². The minimum atomic E-state index is 0.0651. The Bertz CT molecular complexity index is 379. The van der Waals surface area contributed by atoms with Crippen LogP contribution < -0.4 is 14.8 Å². The van der Waals surface area contributed by atoms with Crippen LogP contribution in [0.25, 0.3) is 0 Å². The minimum Gasteiger partial charge on any atom is -0.494 e. The van der Waals surface area contributed by atoms with Crippen LogP contribution in [0.5, 0.6) is 11.5 Å². The van der Waals surface area contributed by atoms with E-state index in [-0.39, 0.29) is 11.6 Å². The van der Waals surface area contributed by atoms with E-state index in [1.54, 1.807) is 0 Å². The summed E-state index contributed by atoms with van der Waals surface area (Å²) in [7, 11) is 0. The van der Waals surface area contributed by atoms with Gasteiger partial charge in [0.2, 0.25) is 0 Å². The first kappa shape index (κ1) is 14.2. The molecule has 1 fully saturated rings. The molecule has 1 aromatic rings. The molecule has 19 heavy (non-hydrogen) atoms. The highest BCUT2D eigenvalue weighted by molar-refractivity contribution is 5.31. The summed E-state index contributed by atoms with van der Waals surface area (Å²) in [5.41, 5.74) is 0.0651. The van der Waals surface area contributed by atoms with Gasteiger partial charge in [-0.15, -0.1) is 0 Å². The summed E-state index contributed by atoms with van der Waals surface area (Å²) in [6, 6.07) is 7.68. The third-order valence-electron chi connectivity index (χ3n) is 3.06. The molecule has 1 aromatic carbocycles. The Hall–Kier alpha value is -1.26. The first-order valence-electron chi connectivity index (χ1n) is 6.81. The number of hydrogen-bond acceptors (Lipinski definition) is 4. The fourth-order valence-electron chi connectivity index (χ4n) is 1.92. The number of benzene rings is 1. The molecule has 1 heterocycles. The molecule has 0 saturated carbocycles. The Kier molecular flexibility index (Phi) is 4.66. The van der Waals surface area contributed by atoms with Crippen molar-refractivity contribution in [1.82, 2.24) is 5.32 Å². The fourth-order valence-corrected chi connectivity index (χ4v) is 1.92. The molecule has 0 radical (unpaired) electrons. The van der Waals surface area contributed by atoms with Gasteiger partial charge in [0.25, 0.3) is 0 Å². The maximum Gasteiger partial charge on any atom is 0.119 e. The molecule has 1 saturated heterocycles. The number of morpholine rings is 1. The van der Waals surface area contributed by atoms with Crippen molar-refractivity contribution in [1.29, 1.82) is 0 Å². The summed E-state index contributed by atoms with van der Waals surface area (Å²) in [4.78, 5) is 0. The number of rotatable bonds is 5. The third-order valence-corrected chi connectivity index (χ3v) is 3.06. The zero-order valence-electron chi connectivity index (χ0n) is 11.9. The molecule has 1 N–H and O–H groups in total. The van der Waals surface area contributed by atoms with Crippen molar-refractivity contribution in [2.24, 2.45) is 0 Å². The summed E-state index contributed by atoms with van der Waals surface area (Å²) in [6.45, 7) is 9.02. The monoisotopic (exact) mass is 265 g/mol. The molecule has 4 heteroatoms. The molecule has 0 amide bonds. The summed E-state index contributed by atoms with van der Waals surface area (Å²) in [6.07, 6.45) is 0.111. The molecular weight excluding hydrogens is 242 g/mol. The van der Waals surface area contributed by atoms with Gasteiger partial charge in [-0.1, -0.05) is 0 Å². The largest absolute Gasteiger partial charge is 0.494 e. The SMILES string of the molecule is CCOc1ccc(OCC2CNC(C)(C)CO2)cc1. The second-order valence-electron chi connectivity index (χ2n) is 5.41. The van der Waals surface area contributed by atoms with Crippen molar-refractivity contribution in [3.05, 3.63) is 24.3 Å². The van der Waals surface area contributed by atoms with E-state index in [1.165, 1.54) is 0 Å². The van der Waals surface area contributed by atoms with E-state index in [9.17, 15) is 0 Å². The molecule has 0 bridgehead atoms. The van der Waals surface area contributed by atoms with Crippen molar-refractivity contribution in [3.8, 4) is 11.5 Å². The molecule has 1 atom stereocenters. The van der Waals surface area contributed by atoms with Crippen LogP contribution >= 0.6 is 0 Å². The van der Waals surface area contributed by atoms with Crippen molar-refractivity contribution < 1.29 is 14.2 Å². The van der Waals surface area contributed by atoms with Crippen LogP contribution in [0.1, 0.15) is 20.8 Å². The zero-order valence-corrected chi connectivity index (χ0v) is 11.9. The molecule has 0 spiro atoms. The van der Waals surface area contributed by atoms with Gasteiger partial charge in [-0.2, -0.15) is 0 Å². The fraction of sp³-hybridized carbons (Fsp3) is 0.600. The highest BCUT2D eigenvalue weighted by Crippen LogP contribution is 2.18. The predicted molar refractivity (Wildman–Crippen MR) is 74.9 cm³/mol. The minimum absolute atomic E-state index is 0.0651. The van der Waals surface area contributed by atoms with Gasteiger partial charge in [-0.05, 0) is 45.0 Å². The van der Waals surface area contributed by atoms with E-state index in [4.69, 9.17) is 14.2 Å². The highest BCUT2D eigenvalue weighted by Gasteiger charge is 2.26. The smallest absolute Gasteiger partial charge is 0.119 e. The van der Waals surface area contributed by atoms with Gasteiger partial charge < -0.3 is 19.5 Å². The molecule has 4 nitrogen and oxygen atoms in total. The lowest BCUT2D eigenvalue weighted by Gasteiger charge is -2.35. The van der Waals surface area contributed by atoms with Crippen LogP contribution in [-0.2, 0) is 4.74 Å². The normalized spacial score (nSPS) is 21.9. The average molecular weight is 265 g/mol. The Morgan fingerprint density at radius 3 is 2.37 bits per heavy atom. The summed E-state index contributed by atoms with van der Waals surface area (Å²) >= 11 is 0. The second-order valence-corrected chi connectivity index (χ2v) is 5.41. The van der Waals surface area contributed by atoms with E-state index in [2.05, 4.69) is 19.2 Å². The molecule has 1 aliphatic rings. The van der Waals surface area contributed by atoms with E-state index in [0.717, 1.165) is 18.0 Å². The summed E-state index contributed by atoms with van der Waals surface area (Å²) < 4.78 is 16.9. The predicted octanol–water partition coefficient (Wildman–Crippen LogP) is 2.23. The van der Waals surface area contributed by atoms with Crippen LogP contribution in [0.2, 0.25) is 0 Å². The Balaban J connectivity index is 1.76.